The highest BCUT2D eigenvalue weighted by molar-refractivity contribution is 9.10. The maximum absolute atomic E-state index is 14.3. The molecule has 3 aromatic carbocycles. The Hall–Kier alpha value is -5.94. The highest BCUT2D eigenvalue weighted by Crippen LogP contribution is 2.55. The molecule has 60 heavy (non-hydrogen) atoms. The first-order chi connectivity index (χ1) is 28.3. The fraction of sp³-hybridized carbons (Fsp3) is 0.275. The first kappa shape index (κ1) is 43.6. The van der Waals surface area contributed by atoms with Crippen LogP contribution < -0.4 is 36.0 Å². The summed E-state index contributed by atoms with van der Waals surface area (Å²) in [6, 6.07) is 16.6. The average Bonchev–Trinajstić information content (AvgIpc) is 3.20. The molecule has 312 valence electrons. The van der Waals surface area contributed by atoms with Crippen LogP contribution in [0.1, 0.15) is 54.0 Å². The summed E-state index contributed by atoms with van der Waals surface area (Å²) < 4.78 is 49.8. The van der Waals surface area contributed by atoms with E-state index in [0.717, 1.165) is 6.07 Å². The standard InChI is InChI=1S/C40H40BrClFN11O5S/c1-39(2)35(40(3,4)36(39)59-25-12-9-22(18-44)28(42)17-25)53-34(56)23-19-47-38(48-20-23)54(5)16-15-49-60(57,58)26-13-10-24(11-14-26)50-37-46-21-27(41)33(52-37)51-30-8-6-7-29(43)31(30)32(45)55/h6-14,17,19-21,35-36,49H,15-16H2,1-5H3,(H2,45,55)(H,53,56)(H2,46,50,51,52). The molecular formula is C40H40BrClFN11O5S. The van der Waals surface area contributed by atoms with Gasteiger partial charge in [0.05, 0.1) is 36.8 Å². The van der Waals surface area contributed by atoms with Gasteiger partial charge in [-0.15, -0.1) is 0 Å². The van der Waals surface area contributed by atoms with Gasteiger partial charge in [0, 0.05) is 67.4 Å². The van der Waals surface area contributed by atoms with E-state index in [2.05, 4.69) is 56.5 Å². The van der Waals surface area contributed by atoms with Crippen molar-refractivity contribution in [3.63, 3.8) is 0 Å². The summed E-state index contributed by atoms with van der Waals surface area (Å²) in [5, 5.41) is 18.5. The number of nitrogens with one attached hydrogen (secondary N) is 4. The number of primary amides is 1. The number of carbonyl (C=O) groups excluding carboxylic acids is 2. The zero-order valence-electron chi connectivity index (χ0n) is 32.9. The van der Waals surface area contributed by atoms with Crippen LogP contribution in [0.2, 0.25) is 5.02 Å². The maximum atomic E-state index is 14.3. The van der Waals surface area contributed by atoms with Crippen LogP contribution in [-0.2, 0) is 10.0 Å². The number of nitrogens with zero attached hydrogens (tertiary/aromatic N) is 6. The van der Waals surface area contributed by atoms with Crippen molar-refractivity contribution in [3.05, 3.63) is 111 Å². The Morgan fingerprint density at radius 3 is 2.33 bits per heavy atom. The minimum Gasteiger partial charge on any atom is -0.489 e. The number of nitrogens with two attached hydrogens (primary N) is 1. The SMILES string of the molecule is CN(CCNS(=O)(=O)c1ccc(Nc2ncc(Br)c(Nc3cccc(F)c3C(N)=O)n2)cc1)c1ncc(C(=O)NC2C(C)(C)C(Oc3ccc(C#N)c(Cl)c3)C2(C)C)cn1. The summed E-state index contributed by atoms with van der Waals surface area (Å²) in [7, 11) is -2.20. The lowest BCUT2D eigenvalue weighted by atomic mass is 9.49. The molecule has 0 radical (unpaired) electrons. The third-order valence-electron chi connectivity index (χ3n) is 10.1. The molecule has 20 heteroatoms. The quantitative estimate of drug-likeness (QED) is 0.0777. The normalized spacial score (nSPS) is 16.4. The molecule has 16 nitrogen and oxygen atoms in total. The molecule has 0 spiro atoms. The fourth-order valence-electron chi connectivity index (χ4n) is 7.34. The second-order valence-corrected chi connectivity index (χ2v) is 18.1. The molecule has 1 aliphatic rings. The molecule has 0 unspecified atom stereocenters. The van der Waals surface area contributed by atoms with E-state index in [1.165, 1.54) is 55.0 Å². The molecule has 0 bridgehead atoms. The van der Waals surface area contributed by atoms with Crippen molar-refractivity contribution in [1.82, 2.24) is 30.0 Å². The number of aromatic nitrogens is 4. The molecule has 2 heterocycles. The monoisotopic (exact) mass is 919 g/mol. The molecule has 1 fully saturated rings. The Kier molecular flexibility index (Phi) is 12.6. The molecular weight excluding hydrogens is 881 g/mol. The van der Waals surface area contributed by atoms with E-state index in [9.17, 15) is 27.7 Å². The van der Waals surface area contributed by atoms with Crippen molar-refractivity contribution < 1.29 is 27.1 Å². The van der Waals surface area contributed by atoms with E-state index in [1.54, 1.807) is 30.1 Å². The van der Waals surface area contributed by atoms with Gasteiger partial charge in [-0.25, -0.2) is 32.5 Å². The minimum absolute atomic E-state index is 0.0147. The zero-order chi connectivity index (χ0) is 43.6. The number of halogens is 3. The van der Waals surface area contributed by atoms with Crippen LogP contribution in [0.4, 0.5) is 33.5 Å². The van der Waals surface area contributed by atoms with Crippen LogP contribution in [0.25, 0.3) is 0 Å². The Morgan fingerprint density at radius 2 is 1.70 bits per heavy atom. The Balaban J connectivity index is 0.997. The number of ether oxygens (including phenoxy) is 1. The van der Waals surface area contributed by atoms with Crippen molar-refractivity contribution in [2.75, 3.05) is 35.7 Å². The number of amides is 2. The molecule has 2 aromatic heterocycles. The van der Waals surface area contributed by atoms with Gasteiger partial charge in [0.2, 0.25) is 21.9 Å². The number of hydrogen-bond acceptors (Lipinski definition) is 13. The van der Waals surface area contributed by atoms with Crippen molar-refractivity contribution in [3.8, 4) is 11.8 Å². The van der Waals surface area contributed by atoms with Crippen molar-refractivity contribution in [2.24, 2.45) is 16.6 Å². The van der Waals surface area contributed by atoms with E-state index in [4.69, 9.17) is 22.1 Å². The fourth-order valence-corrected chi connectivity index (χ4v) is 8.87. The largest absolute Gasteiger partial charge is 0.489 e. The van der Waals surface area contributed by atoms with Crippen LogP contribution in [-0.4, -0.2) is 72.5 Å². The average molecular weight is 921 g/mol. The molecule has 2 amide bonds. The van der Waals surface area contributed by atoms with E-state index in [1.807, 2.05) is 33.8 Å². The van der Waals surface area contributed by atoms with Gasteiger partial charge in [-0.05, 0) is 64.5 Å². The Bertz CT molecular complexity index is 2580. The minimum atomic E-state index is -3.90. The topological polar surface area (TPSA) is 230 Å². The van der Waals surface area contributed by atoms with Gasteiger partial charge in [0.25, 0.3) is 11.8 Å². The molecule has 1 aliphatic carbocycles. The Labute approximate surface area is 359 Å². The van der Waals surface area contributed by atoms with E-state index in [-0.39, 0.29) is 70.6 Å². The first-order valence-corrected chi connectivity index (χ1v) is 20.9. The highest BCUT2D eigenvalue weighted by atomic mass is 79.9. The molecule has 0 aliphatic heterocycles. The number of sulfonamides is 1. The van der Waals surface area contributed by atoms with E-state index < -0.39 is 32.6 Å². The van der Waals surface area contributed by atoms with Crippen molar-refractivity contribution >= 4 is 78.5 Å². The zero-order valence-corrected chi connectivity index (χ0v) is 36.1. The lowest BCUT2D eigenvalue weighted by Gasteiger charge is -2.63. The molecule has 1 saturated carbocycles. The van der Waals surface area contributed by atoms with Crippen molar-refractivity contribution in [1.29, 1.82) is 5.26 Å². The van der Waals surface area contributed by atoms with Gasteiger partial charge < -0.3 is 31.3 Å². The lowest BCUT2D eigenvalue weighted by Crippen LogP contribution is -2.74. The Morgan fingerprint density at radius 1 is 1.02 bits per heavy atom. The number of hydrogen-bond donors (Lipinski definition) is 5. The lowest BCUT2D eigenvalue weighted by molar-refractivity contribution is -0.164. The molecule has 5 aromatic rings. The summed E-state index contributed by atoms with van der Waals surface area (Å²) in [5.74, 6) is -0.922. The summed E-state index contributed by atoms with van der Waals surface area (Å²) in [6.07, 6.45) is 4.01. The van der Waals surface area contributed by atoms with Crippen LogP contribution in [0.3, 0.4) is 0 Å². The second kappa shape index (κ2) is 17.3. The van der Waals surface area contributed by atoms with Crippen LogP contribution in [0.5, 0.6) is 5.75 Å². The van der Waals surface area contributed by atoms with Gasteiger partial charge in [-0.3, -0.25) is 9.59 Å². The molecule has 0 atom stereocenters. The number of benzene rings is 3. The van der Waals surface area contributed by atoms with Crippen LogP contribution >= 0.6 is 27.5 Å². The van der Waals surface area contributed by atoms with Crippen LogP contribution in [0, 0.1) is 28.0 Å². The number of anilines is 5. The van der Waals surface area contributed by atoms with E-state index in [0.29, 0.717) is 26.5 Å². The number of likely N-dealkylation sites (N-methyl/N-ethyl adjacent to an activating group) is 1. The smallest absolute Gasteiger partial charge is 0.254 e. The van der Waals surface area contributed by atoms with Gasteiger partial charge >= 0.3 is 0 Å². The van der Waals surface area contributed by atoms with Gasteiger partial charge in [-0.2, -0.15) is 10.2 Å². The summed E-state index contributed by atoms with van der Waals surface area (Å²) in [5.41, 5.74) is 5.31. The number of rotatable bonds is 15. The van der Waals surface area contributed by atoms with Crippen molar-refractivity contribution in [2.45, 2.75) is 44.7 Å². The summed E-state index contributed by atoms with van der Waals surface area (Å²) in [4.78, 5) is 44.1. The number of carbonyl (C=O) groups is 2. The predicted molar refractivity (Wildman–Crippen MR) is 228 cm³/mol. The van der Waals surface area contributed by atoms with Crippen LogP contribution in [0.15, 0.2) is 88.6 Å². The molecule has 6 N–H and O–H groups in total. The number of nitriles is 1. The third-order valence-corrected chi connectivity index (χ3v) is 12.5. The predicted octanol–water partition coefficient (Wildman–Crippen LogP) is 6.31. The molecule has 0 saturated heterocycles. The van der Waals surface area contributed by atoms with Gasteiger partial charge in [0.15, 0.2) is 0 Å². The summed E-state index contributed by atoms with van der Waals surface area (Å²) >= 11 is 9.54. The first-order valence-electron chi connectivity index (χ1n) is 18.3. The van der Waals surface area contributed by atoms with E-state index >= 15 is 0 Å². The third kappa shape index (κ3) is 9.26. The summed E-state index contributed by atoms with van der Waals surface area (Å²) in [6.45, 7) is 8.27. The van der Waals surface area contributed by atoms with Gasteiger partial charge in [0.1, 0.15) is 29.6 Å². The second-order valence-electron chi connectivity index (χ2n) is 15.1. The maximum Gasteiger partial charge on any atom is 0.254 e. The molecule has 6 rings (SSSR count). The highest BCUT2D eigenvalue weighted by Gasteiger charge is 2.64. The van der Waals surface area contributed by atoms with Gasteiger partial charge in [-0.1, -0.05) is 45.4 Å².